The minimum atomic E-state index is -0.256. The van der Waals surface area contributed by atoms with Crippen molar-refractivity contribution in [2.24, 2.45) is 0 Å². The highest BCUT2D eigenvalue weighted by molar-refractivity contribution is 7.17. The van der Waals surface area contributed by atoms with Gasteiger partial charge in [-0.15, -0.1) is 22.7 Å². The van der Waals surface area contributed by atoms with E-state index in [-0.39, 0.29) is 11.8 Å². The standard InChI is InChI=1S/C40H28N2O2S2/c1-23-3-7-25(8-4-23)27-11-15-29(16-12-27)31-19-21-33(45-31)37-35-36(40(44)41-37)38(42-39(35)43)34-22-20-32(46-34)30-17-13-28(14-18-30)26-9-5-24(2)6-10-26/h3-22H,1-2H3,(H,41,44)(H,42,43). The second kappa shape index (κ2) is 11.2. The molecule has 222 valence electrons. The summed E-state index contributed by atoms with van der Waals surface area (Å²) < 4.78 is 0. The maximum Gasteiger partial charge on any atom is 0.258 e. The van der Waals surface area contributed by atoms with E-state index in [1.54, 1.807) is 22.7 Å². The molecule has 8 rings (SSSR count). The number of carbonyl (C=O) groups is 2. The predicted molar refractivity (Wildman–Crippen MR) is 190 cm³/mol. The van der Waals surface area contributed by atoms with Gasteiger partial charge in [-0.05, 0) is 71.5 Å². The van der Waals surface area contributed by atoms with Gasteiger partial charge in [0.15, 0.2) is 0 Å². The first kappa shape index (κ1) is 28.2. The van der Waals surface area contributed by atoms with Crippen molar-refractivity contribution < 1.29 is 9.59 Å². The molecule has 0 spiro atoms. The predicted octanol–water partition coefficient (Wildman–Crippen LogP) is 9.48. The van der Waals surface area contributed by atoms with Crippen LogP contribution in [0.5, 0.6) is 0 Å². The topological polar surface area (TPSA) is 58.2 Å². The van der Waals surface area contributed by atoms with Crippen LogP contribution in [0.25, 0.3) is 54.5 Å². The Morgan fingerprint density at radius 1 is 0.370 bits per heavy atom. The number of benzene rings is 4. The Balaban J connectivity index is 1.06. The zero-order chi connectivity index (χ0) is 31.4. The highest BCUT2D eigenvalue weighted by Crippen LogP contribution is 2.43. The van der Waals surface area contributed by atoms with Crippen LogP contribution in [0.3, 0.4) is 0 Å². The minimum absolute atomic E-state index is 0.256. The van der Waals surface area contributed by atoms with Crippen molar-refractivity contribution in [3.63, 3.8) is 0 Å². The molecule has 0 radical (unpaired) electrons. The largest absolute Gasteiger partial charge is 0.320 e. The number of aryl methyl sites for hydroxylation is 2. The molecule has 0 saturated heterocycles. The average molecular weight is 633 g/mol. The van der Waals surface area contributed by atoms with E-state index in [4.69, 9.17) is 0 Å². The fourth-order valence-electron chi connectivity index (χ4n) is 5.95. The van der Waals surface area contributed by atoms with Crippen LogP contribution in [0.1, 0.15) is 20.9 Å². The molecule has 0 unspecified atom stereocenters. The van der Waals surface area contributed by atoms with Crippen LogP contribution >= 0.6 is 22.7 Å². The Labute approximate surface area is 275 Å². The lowest BCUT2D eigenvalue weighted by atomic mass is 10.0. The summed E-state index contributed by atoms with van der Waals surface area (Å²) in [5.74, 6) is -0.513. The number of rotatable bonds is 6. The third-order valence-corrected chi connectivity index (χ3v) is 10.8. The van der Waals surface area contributed by atoms with Gasteiger partial charge >= 0.3 is 0 Å². The molecular formula is C40H28N2O2S2. The third-order valence-electron chi connectivity index (χ3n) is 8.49. The van der Waals surface area contributed by atoms with Crippen molar-refractivity contribution in [3.8, 4) is 43.1 Å². The molecule has 0 saturated carbocycles. The van der Waals surface area contributed by atoms with Gasteiger partial charge in [0.25, 0.3) is 11.8 Å². The molecule has 4 aromatic carbocycles. The van der Waals surface area contributed by atoms with Gasteiger partial charge in [0.05, 0.1) is 32.3 Å². The Morgan fingerprint density at radius 2 is 0.652 bits per heavy atom. The van der Waals surface area contributed by atoms with Gasteiger partial charge in [0.1, 0.15) is 0 Å². The average Bonchev–Trinajstić information content (AvgIpc) is 3.88. The van der Waals surface area contributed by atoms with Crippen molar-refractivity contribution in [2.45, 2.75) is 13.8 Å². The lowest BCUT2D eigenvalue weighted by Crippen LogP contribution is -2.20. The van der Waals surface area contributed by atoms with Crippen LogP contribution in [0.15, 0.2) is 132 Å². The zero-order valence-corrected chi connectivity index (χ0v) is 26.8. The summed E-state index contributed by atoms with van der Waals surface area (Å²) in [5.41, 5.74) is 11.3. The molecule has 0 bridgehead atoms. The fraction of sp³-hybridized carbons (Fsp3) is 0.0500. The van der Waals surface area contributed by atoms with E-state index in [1.807, 2.05) is 24.3 Å². The smallest absolute Gasteiger partial charge is 0.258 e. The molecule has 2 aromatic heterocycles. The van der Waals surface area contributed by atoms with Crippen LogP contribution in [-0.4, -0.2) is 11.8 Å². The highest BCUT2D eigenvalue weighted by atomic mass is 32.1. The lowest BCUT2D eigenvalue weighted by Gasteiger charge is -2.05. The van der Waals surface area contributed by atoms with Crippen LogP contribution < -0.4 is 10.6 Å². The summed E-state index contributed by atoms with van der Waals surface area (Å²) in [6, 6.07) is 42.1. The summed E-state index contributed by atoms with van der Waals surface area (Å²) in [6.07, 6.45) is 0. The van der Waals surface area contributed by atoms with Crippen molar-refractivity contribution in [2.75, 3.05) is 0 Å². The first-order valence-corrected chi connectivity index (χ1v) is 16.7. The summed E-state index contributed by atoms with van der Waals surface area (Å²) in [4.78, 5) is 30.5. The maximum atomic E-state index is 13.3. The first-order valence-electron chi connectivity index (χ1n) is 15.1. The fourth-order valence-corrected chi connectivity index (χ4v) is 7.99. The Morgan fingerprint density at radius 3 is 1.00 bits per heavy atom. The van der Waals surface area contributed by atoms with E-state index in [2.05, 4.69) is 122 Å². The van der Waals surface area contributed by atoms with E-state index in [0.29, 0.717) is 22.5 Å². The van der Waals surface area contributed by atoms with Crippen molar-refractivity contribution >= 4 is 45.9 Å². The summed E-state index contributed by atoms with van der Waals surface area (Å²) in [5, 5.41) is 6.01. The molecule has 2 N–H and O–H groups in total. The molecular weight excluding hydrogens is 605 g/mol. The van der Waals surface area contributed by atoms with E-state index < -0.39 is 0 Å². The summed E-state index contributed by atoms with van der Waals surface area (Å²) in [6.45, 7) is 4.18. The van der Waals surface area contributed by atoms with Gasteiger partial charge in [-0.1, -0.05) is 108 Å². The Bertz CT molecular complexity index is 2050. The van der Waals surface area contributed by atoms with Crippen LogP contribution in [0, 0.1) is 13.8 Å². The van der Waals surface area contributed by atoms with Gasteiger partial charge < -0.3 is 10.6 Å². The monoisotopic (exact) mass is 632 g/mol. The van der Waals surface area contributed by atoms with Gasteiger partial charge in [-0.25, -0.2) is 0 Å². The van der Waals surface area contributed by atoms with Crippen molar-refractivity contribution in [1.29, 1.82) is 0 Å². The second-order valence-electron chi connectivity index (χ2n) is 11.6. The molecule has 6 aromatic rings. The molecule has 4 nitrogen and oxygen atoms in total. The Kier molecular flexibility index (Phi) is 6.89. The molecule has 0 aliphatic carbocycles. The molecule has 46 heavy (non-hydrogen) atoms. The SMILES string of the molecule is Cc1ccc(-c2ccc(-c3ccc(C4=C5C(=O)NC(c6ccc(-c7ccc(-c8ccc(C)cc8)cc7)s6)=C5C(=O)N4)s3)cc2)cc1. The van der Waals surface area contributed by atoms with Gasteiger partial charge in [0.2, 0.25) is 0 Å². The van der Waals surface area contributed by atoms with E-state index in [1.165, 1.54) is 22.3 Å². The molecule has 0 fully saturated rings. The zero-order valence-electron chi connectivity index (χ0n) is 25.2. The molecule has 2 amide bonds. The Hall–Kier alpha value is -5.30. The summed E-state index contributed by atoms with van der Waals surface area (Å²) in [7, 11) is 0. The first-order chi connectivity index (χ1) is 22.4. The minimum Gasteiger partial charge on any atom is -0.320 e. The molecule has 2 aliphatic rings. The van der Waals surface area contributed by atoms with Crippen LogP contribution in [-0.2, 0) is 9.59 Å². The number of hydrogen-bond acceptors (Lipinski definition) is 4. The third kappa shape index (κ3) is 5.02. The summed E-state index contributed by atoms with van der Waals surface area (Å²) >= 11 is 3.13. The highest BCUT2D eigenvalue weighted by Gasteiger charge is 2.41. The molecule has 4 heterocycles. The molecule has 6 heteroatoms. The van der Waals surface area contributed by atoms with E-state index in [0.717, 1.165) is 41.8 Å². The maximum absolute atomic E-state index is 13.3. The van der Waals surface area contributed by atoms with E-state index in [9.17, 15) is 9.59 Å². The van der Waals surface area contributed by atoms with Gasteiger partial charge in [0, 0.05) is 9.75 Å². The van der Waals surface area contributed by atoms with Crippen LogP contribution in [0.2, 0.25) is 0 Å². The number of carbonyl (C=O) groups excluding carboxylic acids is 2. The second-order valence-corrected chi connectivity index (χ2v) is 13.8. The number of hydrogen-bond donors (Lipinski definition) is 2. The number of thiophene rings is 2. The quantitative estimate of drug-likeness (QED) is 0.192. The number of nitrogens with one attached hydrogen (secondary N) is 2. The van der Waals surface area contributed by atoms with Crippen LogP contribution in [0.4, 0.5) is 0 Å². The normalized spacial score (nSPS) is 14.1. The van der Waals surface area contributed by atoms with Gasteiger partial charge in [-0.2, -0.15) is 0 Å². The molecule has 0 atom stereocenters. The number of fused-ring (bicyclic) bond motifs is 1. The lowest BCUT2D eigenvalue weighted by molar-refractivity contribution is -0.117. The number of amides is 2. The van der Waals surface area contributed by atoms with Gasteiger partial charge in [-0.3, -0.25) is 9.59 Å². The van der Waals surface area contributed by atoms with E-state index >= 15 is 0 Å². The van der Waals surface area contributed by atoms with Crippen molar-refractivity contribution in [3.05, 3.63) is 153 Å². The van der Waals surface area contributed by atoms with Crippen molar-refractivity contribution in [1.82, 2.24) is 10.6 Å². The molecule has 2 aliphatic heterocycles.